The molecule has 0 aliphatic rings. The largest absolute Gasteiger partial charge is 0.432 e. The number of guanidine groups is 1. The Balaban J connectivity index is 2.24. The minimum Gasteiger partial charge on any atom is -0.309 e. The SMILES string of the molecule is CCC(C)(C)N=C(NC(=O)c1ccc(C(F)F)cc1)Nc1cc(C(F)(F)F)[nH]n1. The summed E-state index contributed by atoms with van der Waals surface area (Å²) in [7, 11) is 0. The van der Waals surface area contributed by atoms with Gasteiger partial charge in [-0.2, -0.15) is 18.3 Å². The highest BCUT2D eigenvalue weighted by Gasteiger charge is 2.33. The lowest BCUT2D eigenvalue weighted by Crippen LogP contribution is -2.38. The first kappa shape index (κ1) is 22.3. The van der Waals surface area contributed by atoms with Gasteiger partial charge in [0.05, 0.1) is 5.54 Å². The van der Waals surface area contributed by atoms with Crippen LogP contribution in [-0.2, 0) is 6.18 Å². The highest BCUT2D eigenvalue weighted by molar-refractivity contribution is 6.09. The molecule has 0 fully saturated rings. The minimum atomic E-state index is -4.61. The number of alkyl halides is 5. The maximum Gasteiger partial charge on any atom is 0.432 e. The van der Waals surface area contributed by atoms with Gasteiger partial charge in [-0.25, -0.2) is 13.8 Å². The first-order valence-electron chi connectivity index (χ1n) is 8.60. The van der Waals surface area contributed by atoms with Gasteiger partial charge in [0, 0.05) is 17.2 Å². The lowest BCUT2D eigenvalue weighted by atomic mass is 10.0. The van der Waals surface area contributed by atoms with E-state index in [1.54, 1.807) is 13.8 Å². The monoisotopic (exact) mass is 417 g/mol. The Labute approximate surface area is 163 Å². The van der Waals surface area contributed by atoms with Gasteiger partial charge < -0.3 is 5.32 Å². The number of nitrogens with zero attached hydrogens (tertiary/aromatic N) is 2. The molecular weight excluding hydrogens is 397 g/mol. The van der Waals surface area contributed by atoms with Crippen LogP contribution in [0.25, 0.3) is 0 Å². The van der Waals surface area contributed by atoms with Crippen molar-refractivity contribution in [3.8, 4) is 0 Å². The number of benzene rings is 1. The molecule has 0 spiro atoms. The summed E-state index contributed by atoms with van der Waals surface area (Å²) in [4.78, 5) is 16.8. The first-order valence-corrected chi connectivity index (χ1v) is 8.60. The molecule has 0 bridgehead atoms. The number of aromatic nitrogens is 2. The van der Waals surface area contributed by atoms with Crippen LogP contribution in [0.4, 0.5) is 27.8 Å². The van der Waals surface area contributed by atoms with Crippen molar-refractivity contribution in [2.45, 2.75) is 45.3 Å². The number of rotatable bonds is 5. The second-order valence-electron chi connectivity index (χ2n) is 6.79. The van der Waals surface area contributed by atoms with Crippen LogP contribution in [0, 0.1) is 0 Å². The molecule has 6 nitrogen and oxygen atoms in total. The van der Waals surface area contributed by atoms with Gasteiger partial charge in [0.15, 0.2) is 5.82 Å². The zero-order valence-corrected chi connectivity index (χ0v) is 15.9. The number of carbonyl (C=O) groups excluding carboxylic acids is 1. The topological polar surface area (TPSA) is 82.2 Å². The third-order valence-corrected chi connectivity index (χ3v) is 4.07. The quantitative estimate of drug-likeness (QED) is 0.373. The molecule has 1 aromatic carbocycles. The van der Waals surface area contributed by atoms with Crippen molar-refractivity contribution >= 4 is 17.7 Å². The molecule has 0 unspecified atom stereocenters. The van der Waals surface area contributed by atoms with Gasteiger partial charge in [0.25, 0.3) is 12.3 Å². The van der Waals surface area contributed by atoms with Gasteiger partial charge in [-0.05, 0) is 32.4 Å². The standard InChI is InChI=1S/C18H20F5N5O/c1-4-17(2,3)26-16(24-13-9-12(27-28-13)18(21,22)23)25-15(29)11-7-5-10(6-8-11)14(19)20/h5-9,14H,4H2,1-3H3,(H3,24,25,26,27,28,29). The van der Waals surface area contributed by atoms with Crippen LogP contribution in [0.2, 0.25) is 0 Å². The number of H-pyrrole nitrogens is 1. The summed E-state index contributed by atoms with van der Waals surface area (Å²) in [6.45, 7) is 5.39. The average Bonchev–Trinajstić information content (AvgIpc) is 3.10. The number of aromatic amines is 1. The number of nitrogens with one attached hydrogen (secondary N) is 3. The van der Waals surface area contributed by atoms with Crippen LogP contribution in [-0.4, -0.2) is 27.6 Å². The molecule has 158 valence electrons. The number of carbonyl (C=O) groups is 1. The number of hydrogen-bond acceptors (Lipinski definition) is 3. The van der Waals surface area contributed by atoms with E-state index in [0.717, 1.165) is 18.2 Å². The Morgan fingerprint density at radius 1 is 1.21 bits per heavy atom. The van der Waals surface area contributed by atoms with Gasteiger partial charge in [-0.15, -0.1) is 0 Å². The van der Waals surface area contributed by atoms with E-state index in [1.807, 2.05) is 12.0 Å². The molecular formula is C18H20F5N5O. The van der Waals surface area contributed by atoms with E-state index in [1.165, 1.54) is 12.1 Å². The van der Waals surface area contributed by atoms with Crippen LogP contribution in [0.1, 0.15) is 55.2 Å². The molecule has 0 atom stereocenters. The van der Waals surface area contributed by atoms with Gasteiger partial charge in [0.1, 0.15) is 5.69 Å². The molecule has 2 aromatic rings. The molecule has 0 saturated heterocycles. The molecule has 1 amide bonds. The van der Waals surface area contributed by atoms with Crippen molar-refractivity contribution in [2.75, 3.05) is 5.32 Å². The molecule has 2 rings (SSSR count). The van der Waals surface area contributed by atoms with E-state index < -0.39 is 29.7 Å². The van der Waals surface area contributed by atoms with Crippen LogP contribution in [0.15, 0.2) is 35.3 Å². The highest BCUT2D eigenvalue weighted by Crippen LogP contribution is 2.28. The van der Waals surface area contributed by atoms with Crippen LogP contribution >= 0.6 is 0 Å². The van der Waals surface area contributed by atoms with E-state index in [9.17, 15) is 26.7 Å². The third kappa shape index (κ3) is 6.26. The zero-order valence-electron chi connectivity index (χ0n) is 15.9. The van der Waals surface area contributed by atoms with E-state index in [-0.39, 0.29) is 22.9 Å². The van der Waals surface area contributed by atoms with Gasteiger partial charge in [0.2, 0.25) is 5.96 Å². The van der Waals surface area contributed by atoms with Crippen molar-refractivity contribution in [2.24, 2.45) is 4.99 Å². The molecule has 0 aliphatic carbocycles. The van der Waals surface area contributed by atoms with E-state index >= 15 is 0 Å². The number of hydrogen-bond donors (Lipinski definition) is 3. The first-order chi connectivity index (χ1) is 13.4. The van der Waals surface area contributed by atoms with Crippen molar-refractivity contribution in [1.29, 1.82) is 0 Å². The smallest absolute Gasteiger partial charge is 0.309 e. The van der Waals surface area contributed by atoms with E-state index in [2.05, 4.69) is 20.7 Å². The fraction of sp³-hybridized carbons (Fsp3) is 0.389. The molecule has 0 aliphatic heterocycles. The van der Waals surface area contributed by atoms with Crippen molar-refractivity contribution < 1.29 is 26.7 Å². The van der Waals surface area contributed by atoms with Crippen LogP contribution in [0.3, 0.4) is 0 Å². The lowest BCUT2D eigenvalue weighted by Gasteiger charge is -2.20. The van der Waals surface area contributed by atoms with Crippen molar-refractivity contribution in [1.82, 2.24) is 15.5 Å². The van der Waals surface area contributed by atoms with Gasteiger partial charge >= 0.3 is 6.18 Å². The Hall–Kier alpha value is -2.98. The fourth-order valence-electron chi connectivity index (χ4n) is 2.08. The van der Waals surface area contributed by atoms with Crippen molar-refractivity contribution in [3.05, 3.63) is 47.2 Å². The lowest BCUT2D eigenvalue weighted by molar-refractivity contribution is -0.141. The summed E-state index contributed by atoms with van der Waals surface area (Å²) >= 11 is 0. The number of halogens is 5. The molecule has 3 N–H and O–H groups in total. The molecule has 1 aromatic heterocycles. The fourth-order valence-corrected chi connectivity index (χ4v) is 2.08. The minimum absolute atomic E-state index is 0.0798. The summed E-state index contributed by atoms with van der Waals surface area (Å²) < 4.78 is 63.5. The van der Waals surface area contributed by atoms with Crippen molar-refractivity contribution in [3.63, 3.8) is 0 Å². The van der Waals surface area contributed by atoms with Gasteiger partial charge in [-0.3, -0.25) is 15.2 Å². The average molecular weight is 417 g/mol. The third-order valence-electron chi connectivity index (χ3n) is 4.07. The predicted molar refractivity (Wildman–Crippen MR) is 97.9 cm³/mol. The summed E-state index contributed by atoms with van der Waals surface area (Å²) in [5.74, 6) is -0.994. The summed E-state index contributed by atoms with van der Waals surface area (Å²) in [5, 5.41) is 10.4. The molecule has 0 saturated carbocycles. The summed E-state index contributed by atoms with van der Waals surface area (Å²) in [6, 6.07) is 5.40. The summed E-state index contributed by atoms with van der Waals surface area (Å²) in [5.41, 5.74) is -1.87. The molecule has 1 heterocycles. The van der Waals surface area contributed by atoms with Crippen LogP contribution in [0.5, 0.6) is 0 Å². The second-order valence-corrected chi connectivity index (χ2v) is 6.79. The molecule has 0 radical (unpaired) electrons. The molecule has 29 heavy (non-hydrogen) atoms. The Kier molecular flexibility index (Phi) is 6.60. The molecule has 11 heteroatoms. The summed E-state index contributed by atoms with van der Waals surface area (Å²) in [6.07, 6.45) is -6.70. The Bertz CT molecular complexity index is 872. The van der Waals surface area contributed by atoms with E-state index in [0.29, 0.717) is 6.42 Å². The maximum absolute atomic E-state index is 12.7. The van der Waals surface area contributed by atoms with E-state index in [4.69, 9.17) is 0 Å². The van der Waals surface area contributed by atoms with Gasteiger partial charge in [-0.1, -0.05) is 19.1 Å². The van der Waals surface area contributed by atoms with Crippen LogP contribution < -0.4 is 10.6 Å². The highest BCUT2D eigenvalue weighted by atomic mass is 19.4. The second kappa shape index (κ2) is 8.58. The number of aliphatic imine (C=N–C) groups is 1. The Morgan fingerprint density at radius 2 is 1.83 bits per heavy atom. The normalized spacial score (nSPS) is 12.9. The predicted octanol–water partition coefficient (Wildman–Crippen LogP) is 4.75. The number of amides is 1. The Morgan fingerprint density at radius 3 is 2.31 bits per heavy atom. The number of anilines is 1. The maximum atomic E-state index is 12.7. The zero-order chi connectivity index (χ0) is 21.8.